The summed E-state index contributed by atoms with van der Waals surface area (Å²) in [6, 6.07) is 11.6. The third-order valence-electron chi connectivity index (χ3n) is 4.26. The molecule has 0 saturated heterocycles. The fourth-order valence-electron chi connectivity index (χ4n) is 2.95. The molecule has 1 aromatic heterocycles. The van der Waals surface area contributed by atoms with Crippen molar-refractivity contribution >= 4 is 16.9 Å². The number of benzene rings is 2. The van der Waals surface area contributed by atoms with E-state index in [1.165, 1.54) is 18.2 Å². The topological polar surface area (TPSA) is 65.1 Å². The molecule has 0 aliphatic carbocycles. The Balaban J connectivity index is 1.77. The van der Waals surface area contributed by atoms with Gasteiger partial charge in [0, 0.05) is 30.1 Å². The third kappa shape index (κ3) is 3.88. The van der Waals surface area contributed by atoms with Crippen molar-refractivity contribution in [2.24, 2.45) is 0 Å². The molecule has 0 spiro atoms. The van der Waals surface area contributed by atoms with Gasteiger partial charge in [-0.2, -0.15) is 13.2 Å². The SMILES string of the molecule is O=C(O)C(Cc1c[nH]c2ccccc12)NCc1ccccc1C(F)(F)F. The first-order valence-corrected chi connectivity index (χ1v) is 8.02. The second-order valence-corrected chi connectivity index (χ2v) is 5.99. The first kappa shape index (κ1) is 18.0. The number of carboxylic acids is 1. The molecule has 1 atom stereocenters. The lowest BCUT2D eigenvalue weighted by atomic mass is 10.0. The average molecular weight is 362 g/mol. The number of hydrogen-bond donors (Lipinski definition) is 3. The number of carbonyl (C=O) groups is 1. The van der Waals surface area contributed by atoms with Crippen LogP contribution in [0.4, 0.5) is 13.2 Å². The van der Waals surface area contributed by atoms with Gasteiger partial charge in [-0.05, 0) is 23.3 Å². The molecule has 3 N–H and O–H groups in total. The summed E-state index contributed by atoms with van der Waals surface area (Å²) in [6.45, 7) is -0.186. The van der Waals surface area contributed by atoms with Crippen molar-refractivity contribution in [1.82, 2.24) is 10.3 Å². The molecule has 7 heteroatoms. The highest BCUT2D eigenvalue weighted by Gasteiger charge is 2.33. The van der Waals surface area contributed by atoms with Crippen molar-refractivity contribution in [3.63, 3.8) is 0 Å². The Morgan fingerprint density at radius 3 is 2.50 bits per heavy atom. The van der Waals surface area contributed by atoms with Gasteiger partial charge in [0.05, 0.1) is 5.56 Å². The van der Waals surface area contributed by atoms with Crippen molar-refractivity contribution in [3.8, 4) is 0 Å². The van der Waals surface area contributed by atoms with Gasteiger partial charge in [-0.3, -0.25) is 4.79 Å². The number of para-hydroxylation sites is 1. The summed E-state index contributed by atoms with van der Waals surface area (Å²) in [6.07, 6.45) is -2.59. The average Bonchev–Trinajstić information content (AvgIpc) is 3.01. The van der Waals surface area contributed by atoms with E-state index in [9.17, 15) is 23.1 Å². The van der Waals surface area contributed by atoms with Crippen LogP contribution >= 0.6 is 0 Å². The standard InChI is InChI=1S/C19H17F3N2O2/c20-19(21,22)15-7-3-1-5-12(15)10-24-17(18(25)26)9-13-11-23-16-8-4-2-6-14(13)16/h1-8,11,17,23-24H,9-10H2,(H,25,26). The second kappa shape index (κ2) is 7.21. The molecule has 1 heterocycles. The number of aliphatic carboxylic acids is 1. The Labute approximate surface area is 147 Å². The number of alkyl halides is 3. The minimum atomic E-state index is -4.48. The minimum Gasteiger partial charge on any atom is -0.480 e. The van der Waals surface area contributed by atoms with E-state index >= 15 is 0 Å². The summed E-state index contributed by atoms with van der Waals surface area (Å²) in [5.74, 6) is -1.11. The number of nitrogens with one attached hydrogen (secondary N) is 2. The molecule has 0 fully saturated rings. The number of aromatic amines is 1. The fourth-order valence-corrected chi connectivity index (χ4v) is 2.95. The van der Waals surface area contributed by atoms with Crippen LogP contribution in [-0.2, 0) is 23.9 Å². The van der Waals surface area contributed by atoms with E-state index in [0.29, 0.717) is 0 Å². The van der Waals surface area contributed by atoms with Crippen LogP contribution in [0.5, 0.6) is 0 Å². The van der Waals surface area contributed by atoms with Crippen LogP contribution in [0.2, 0.25) is 0 Å². The van der Waals surface area contributed by atoms with Gasteiger partial charge < -0.3 is 15.4 Å². The molecule has 0 radical (unpaired) electrons. The summed E-state index contributed by atoms with van der Waals surface area (Å²) < 4.78 is 39.2. The van der Waals surface area contributed by atoms with Gasteiger partial charge in [0.2, 0.25) is 0 Å². The van der Waals surface area contributed by atoms with Crippen LogP contribution < -0.4 is 5.32 Å². The lowest BCUT2D eigenvalue weighted by molar-refractivity contribution is -0.139. The highest BCUT2D eigenvalue weighted by Crippen LogP contribution is 2.31. The van der Waals surface area contributed by atoms with Crippen LogP contribution in [0.15, 0.2) is 54.7 Å². The van der Waals surface area contributed by atoms with Gasteiger partial charge in [0.1, 0.15) is 6.04 Å². The quantitative estimate of drug-likeness (QED) is 0.622. The van der Waals surface area contributed by atoms with Crippen LogP contribution in [0, 0.1) is 0 Å². The van der Waals surface area contributed by atoms with Gasteiger partial charge in [-0.15, -0.1) is 0 Å². The van der Waals surface area contributed by atoms with Crippen LogP contribution in [0.1, 0.15) is 16.7 Å². The lowest BCUT2D eigenvalue weighted by Crippen LogP contribution is -2.38. The molecule has 136 valence electrons. The molecular weight excluding hydrogens is 345 g/mol. The maximum Gasteiger partial charge on any atom is 0.416 e. The molecule has 4 nitrogen and oxygen atoms in total. The van der Waals surface area contributed by atoms with Crippen molar-refractivity contribution in [3.05, 3.63) is 71.4 Å². The Morgan fingerprint density at radius 1 is 1.08 bits per heavy atom. The second-order valence-electron chi connectivity index (χ2n) is 5.99. The normalized spacial score (nSPS) is 13.0. The van der Waals surface area contributed by atoms with Crippen LogP contribution in [0.3, 0.4) is 0 Å². The van der Waals surface area contributed by atoms with E-state index in [1.54, 1.807) is 6.20 Å². The molecular formula is C19H17F3N2O2. The van der Waals surface area contributed by atoms with Gasteiger partial charge in [0.25, 0.3) is 0 Å². The maximum atomic E-state index is 13.1. The first-order valence-electron chi connectivity index (χ1n) is 8.02. The fraction of sp³-hybridized carbons (Fsp3) is 0.211. The smallest absolute Gasteiger partial charge is 0.416 e. The van der Waals surface area contributed by atoms with Crippen LogP contribution in [-0.4, -0.2) is 22.1 Å². The first-order chi connectivity index (χ1) is 12.4. The Hall–Kier alpha value is -2.80. The number of H-pyrrole nitrogens is 1. The van der Waals surface area contributed by atoms with E-state index in [2.05, 4.69) is 10.3 Å². The Kier molecular flexibility index (Phi) is 4.99. The van der Waals surface area contributed by atoms with E-state index in [0.717, 1.165) is 22.5 Å². The molecule has 0 aliphatic heterocycles. The van der Waals surface area contributed by atoms with Crippen molar-refractivity contribution < 1.29 is 23.1 Å². The van der Waals surface area contributed by atoms with Gasteiger partial charge in [0.15, 0.2) is 0 Å². The van der Waals surface area contributed by atoms with E-state index < -0.39 is 23.8 Å². The summed E-state index contributed by atoms with van der Waals surface area (Å²) in [4.78, 5) is 14.6. The summed E-state index contributed by atoms with van der Waals surface area (Å²) in [7, 11) is 0. The molecule has 0 bridgehead atoms. The number of fused-ring (bicyclic) bond motifs is 1. The van der Waals surface area contributed by atoms with Crippen molar-refractivity contribution in [1.29, 1.82) is 0 Å². The van der Waals surface area contributed by atoms with Crippen molar-refractivity contribution in [2.45, 2.75) is 25.2 Å². The monoisotopic (exact) mass is 362 g/mol. The summed E-state index contributed by atoms with van der Waals surface area (Å²) in [5, 5.41) is 13.1. The zero-order chi connectivity index (χ0) is 18.7. The van der Waals surface area contributed by atoms with E-state index in [-0.39, 0.29) is 18.5 Å². The van der Waals surface area contributed by atoms with Gasteiger partial charge >= 0.3 is 12.1 Å². The van der Waals surface area contributed by atoms with Gasteiger partial charge in [-0.1, -0.05) is 36.4 Å². The predicted molar refractivity (Wildman–Crippen MR) is 91.7 cm³/mol. The van der Waals surface area contributed by atoms with Crippen LogP contribution in [0.25, 0.3) is 10.9 Å². The number of carboxylic acid groups (broad SMARTS) is 1. The molecule has 0 aliphatic rings. The van der Waals surface area contributed by atoms with E-state index in [1.807, 2.05) is 24.3 Å². The Bertz CT molecular complexity index is 918. The van der Waals surface area contributed by atoms with Crippen molar-refractivity contribution in [2.75, 3.05) is 0 Å². The lowest BCUT2D eigenvalue weighted by Gasteiger charge is -2.17. The highest BCUT2D eigenvalue weighted by atomic mass is 19.4. The summed E-state index contributed by atoms with van der Waals surface area (Å²) >= 11 is 0. The van der Waals surface area contributed by atoms with Gasteiger partial charge in [-0.25, -0.2) is 0 Å². The number of hydrogen-bond acceptors (Lipinski definition) is 2. The molecule has 3 aromatic rings. The minimum absolute atomic E-state index is 0.0187. The molecule has 2 aromatic carbocycles. The Morgan fingerprint density at radius 2 is 1.77 bits per heavy atom. The predicted octanol–water partition coefficient (Wildman–Crippen LogP) is 3.97. The summed E-state index contributed by atoms with van der Waals surface area (Å²) in [5.41, 5.74) is 0.938. The molecule has 1 unspecified atom stereocenters. The number of aromatic nitrogens is 1. The van der Waals surface area contributed by atoms with E-state index in [4.69, 9.17) is 0 Å². The number of rotatable bonds is 6. The molecule has 3 rings (SSSR count). The zero-order valence-corrected chi connectivity index (χ0v) is 13.7. The third-order valence-corrected chi connectivity index (χ3v) is 4.26. The molecule has 0 saturated carbocycles. The highest BCUT2D eigenvalue weighted by molar-refractivity contribution is 5.84. The number of halogens is 3. The maximum absolute atomic E-state index is 13.1. The molecule has 26 heavy (non-hydrogen) atoms. The zero-order valence-electron chi connectivity index (χ0n) is 13.7. The largest absolute Gasteiger partial charge is 0.480 e. The molecule has 0 amide bonds.